The second kappa shape index (κ2) is 4.79. The molecule has 0 radical (unpaired) electrons. The van der Waals surface area contributed by atoms with E-state index >= 15 is 0 Å². The highest BCUT2D eigenvalue weighted by molar-refractivity contribution is 6.36. The van der Waals surface area contributed by atoms with Crippen molar-refractivity contribution in [3.63, 3.8) is 0 Å². The first-order valence-corrected chi connectivity index (χ1v) is 4.93. The van der Waals surface area contributed by atoms with Gasteiger partial charge in [0.2, 0.25) is 0 Å². The molecule has 0 spiro atoms. The molecule has 0 saturated carbocycles. The molecule has 0 aliphatic carbocycles. The molecular formula is C9H9Cl2NO3. The van der Waals surface area contributed by atoms with E-state index in [0.717, 1.165) is 5.56 Å². The number of halogens is 2. The van der Waals surface area contributed by atoms with Crippen molar-refractivity contribution < 1.29 is 10.0 Å². The molecule has 4 nitrogen and oxygen atoms in total. The molecule has 1 aromatic rings. The van der Waals surface area contributed by atoms with Gasteiger partial charge in [-0.1, -0.05) is 23.2 Å². The lowest BCUT2D eigenvalue weighted by Gasteiger charge is -2.11. The van der Waals surface area contributed by atoms with Crippen molar-refractivity contribution in [2.75, 3.05) is 6.61 Å². The van der Waals surface area contributed by atoms with Crippen LogP contribution in [0.25, 0.3) is 0 Å². The van der Waals surface area contributed by atoms with Crippen LogP contribution in [-0.2, 0) is 0 Å². The lowest BCUT2D eigenvalue weighted by molar-refractivity contribution is -0.532. The highest BCUT2D eigenvalue weighted by atomic mass is 35.5. The van der Waals surface area contributed by atoms with Gasteiger partial charge in [-0.05, 0) is 24.6 Å². The van der Waals surface area contributed by atoms with Gasteiger partial charge in [-0.25, -0.2) is 0 Å². The first kappa shape index (κ1) is 12.2. The van der Waals surface area contributed by atoms with Gasteiger partial charge < -0.3 is 5.11 Å². The normalized spacial score (nSPS) is 12.5. The number of aliphatic hydroxyl groups excluding tert-OH is 1. The molecule has 0 amide bonds. The van der Waals surface area contributed by atoms with Gasteiger partial charge in [0.1, 0.15) is 6.61 Å². The standard InChI is InChI=1S/C9H9Cl2NO3/c1-5-2-6(10)9(7(11)3-5)8(4-13)12(14)15/h2-3,8,13H,4H2,1H3. The Hall–Kier alpha value is -0.840. The van der Waals surface area contributed by atoms with Gasteiger partial charge >= 0.3 is 0 Å². The van der Waals surface area contributed by atoms with E-state index in [0.29, 0.717) is 0 Å². The molecule has 1 N–H and O–H groups in total. The lowest BCUT2D eigenvalue weighted by atomic mass is 10.1. The zero-order valence-electron chi connectivity index (χ0n) is 7.91. The zero-order chi connectivity index (χ0) is 11.6. The van der Waals surface area contributed by atoms with Crippen molar-refractivity contribution in [1.82, 2.24) is 0 Å². The van der Waals surface area contributed by atoms with E-state index in [1.165, 1.54) is 0 Å². The van der Waals surface area contributed by atoms with Gasteiger partial charge in [0, 0.05) is 4.92 Å². The third-order valence-electron chi connectivity index (χ3n) is 1.98. The van der Waals surface area contributed by atoms with Crippen LogP contribution in [0.4, 0.5) is 0 Å². The van der Waals surface area contributed by atoms with E-state index in [9.17, 15) is 10.1 Å². The predicted octanol–water partition coefficient (Wildman–Crippen LogP) is 2.61. The van der Waals surface area contributed by atoms with Crippen LogP contribution in [0.3, 0.4) is 0 Å². The number of nitrogens with zero attached hydrogens (tertiary/aromatic N) is 1. The molecule has 15 heavy (non-hydrogen) atoms. The summed E-state index contributed by atoms with van der Waals surface area (Å²) in [5, 5.41) is 20.0. The van der Waals surface area contributed by atoms with Gasteiger partial charge in [-0.3, -0.25) is 10.1 Å². The smallest absolute Gasteiger partial charge is 0.263 e. The van der Waals surface area contributed by atoms with Crippen LogP contribution >= 0.6 is 23.2 Å². The van der Waals surface area contributed by atoms with Gasteiger partial charge in [0.25, 0.3) is 6.04 Å². The highest BCUT2D eigenvalue weighted by Crippen LogP contribution is 2.32. The van der Waals surface area contributed by atoms with Gasteiger partial charge in [0.15, 0.2) is 0 Å². The maximum atomic E-state index is 10.6. The number of nitro groups is 1. The Bertz CT molecular complexity index is 372. The number of rotatable bonds is 3. The molecule has 0 heterocycles. The Labute approximate surface area is 96.6 Å². The lowest BCUT2D eigenvalue weighted by Crippen LogP contribution is -2.15. The van der Waals surface area contributed by atoms with Crippen LogP contribution in [0, 0.1) is 17.0 Å². The monoisotopic (exact) mass is 249 g/mol. The summed E-state index contributed by atoms with van der Waals surface area (Å²) >= 11 is 11.7. The summed E-state index contributed by atoms with van der Waals surface area (Å²) in [4.78, 5) is 10.0. The largest absolute Gasteiger partial charge is 0.389 e. The summed E-state index contributed by atoms with van der Waals surface area (Å²) in [5.74, 6) is 0. The number of aryl methyl sites for hydroxylation is 1. The minimum absolute atomic E-state index is 0.163. The molecule has 0 fully saturated rings. The maximum absolute atomic E-state index is 10.6. The molecule has 0 aliphatic rings. The number of hydrogen-bond donors (Lipinski definition) is 1. The molecule has 0 aromatic heterocycles. The van der Waals surface area contributed by atoms with E-state index in [1.54, 1.807) is 19.1 Å². The minimum atomic E-state index is -1.27. The number of hydrogen-bond acceptors (Lipinski definition) is 3. The Morgan fingerprint density at radius 2 is 1.93 bits per heavy atom. The fourth-order valence-corrected chi connectivity index (χ4v) is 2.14. The van der Waals surface area contributed by atoms with E-state index in [1.807, 2.05) is 0 Å². The van der Waals surface area contributed by atoms with E-state index in [2.05, 4.69) is 0 Å². The second-order valence-corrected chi connectivity index (χ2v) is 3.94. The molecule has 0 aliphatic heterocycles. The Morgan fingerprint density at radius 1 is 1.47 bits per heavy atom. The highest BCUT2D eigenvalue weighted by Gasteiger charge is 2.27. The maximum Gasteiger partial charge on any atom is 0.263 e. The summed E-state index contributed by atoms with van der Waals surface area (Å²) in [6, 6.07) is 1.88. The third kappa shape index (κ3) is 2.59. The quantitative estimate of drug-likeness (QED) is 0.662. The first-order valence-electron chi connectivity index (χ1n) is 4.17. The van der Waals surface area contributed by atoms with Crippen LogP contribution in [0.1, 0.15) is 17.2 Å². The molecule has 1 aromatic carbocycles. The van der Waals surface area contributed by atoms with Crippen LogP contribution < -0.4 is 0 Å². The summed E-state index contributed by atoms with van der Waals surface area (Å²) in [5.41, 5.74) is 0.977. The third-order valence-corrected chi connectivity index (χ3v) is 2.61. The minimum Gasteiger partial charge on any atom is -0.389 e. The number of benzene rings is 1. The average Bonchev–Trinajstić information content (AvgIpc) is 2.09. The van der Waals surface area contributed by atoms with Crippen LogP contribution in [0.15, 0.2) is 12.1 Å². The number of aliphatic hydroxyl groups is 1. The van der Waals surface area contributed by atoms with E-state index in [4.69, 9.17) is 28.3 Å². The van der Waals surface area contributed by atoms with Crippen LogP contribution in [0.2, 0.25) is 10.0 Å². The van der Waals surface area contributed by atoms with Crippen LogP contribution in [0.5, 0.6) is 0 Å². The SMILES string of the molecule is Cc1cc(Cl)c(C(CO)[N+](=O)[O-])c(Cl)c1. The Morgan fingerprint density at radius 3 is 2.27 bits per heavy atom. The molecule has 1 unspecified atom stereocenters. The zero-order valence-corrected chi connectivity index (χ0v) is 9.42. The molecule has 1 rings (SSSR count). The summed E-state index contributed by atoms with van der Waals surface area (Å²) in [6.07, 6.45) is 0. The first-order chi connectivity index (χ1) is 6.97. The van der Waals surface area contributed by atoms with Crippen molar-refractivity contribution in [3.8, 4) is 0 Å². The van der Waals surface area contributed by atoms with E-state index in [-0.39, 0.29) is 15.6 Å². The van der Waals surface area contributed by atoms with Crippen molar-refractivity contribution >= 4 is 23.2 Å². The van der Waals surface area contributed by atoms with Gasteiger partial charge in [-0.2, -0.15) is 0 Å². The fraction of sp³-hybridized carbons (Fsp3) is 0.333. The van der Waals surface area contributed by atoms with Crippen molar-refractivity contribution in [2.24, 2.45) is 0 Å². The van der Waals surface area contributed by atoms with Crippen molar-refractivity contribution in [3.05, 3.63) is 43.4 Å². The topological polar surface area (TPSA) is 63.4 Å². The fourth-order valence-electron chi connectivity index (χ4n) is 1.29. The second-order valence-electron chi connectivity index (χ2n) is 3.13. The van der Waals surface area contributed by atoms with Crippen molar-refractivity contribution in [2.45, 2.75) is 13.0 Å². The molecule has 0 bridgehead atoms. The molecule has 0 saturated heterocycles. The van der Waals surface area contributed by atoms with Crippen molar-refractivity contribution in [1.29, 1.82) is 0 Å². The van der Waals surface area contributed by atoms with Gasteiger partial charge in [0.05, 0.1) is 15.6 Å². The predicted molar refractivity (Wildman–Crippen MR) is 58.0 cm³/mol. The molecular weight excluding hydrogens is 241 g/mol. The van der Waals surface area contributed by atoms with Crippen LogP contribution in [-0.4, -0.2) is 16.6 Å². The van der Waals surface area contributed by atoms with E-state index < -0.39 is 17.6 Å². The average molecular weight is 250 g/mol. The Kier molecular flexibility index (Phi) is 3.90. The molecule has 1 atom stereocenters. The summed E-state index contributed by atoms with van der Waals surface area (Å²) in [6.45, 7) is 1.15. The molecule has 82 valence electrons. The van der Waals surface area contributed by atoms with Gasteiger partial charge in [-0.15, -0.1) is 0 Å². The summed E-state index contributed by atoms with van der Waals surface area (Å²) < 4.78 is 0. The summed E-state index contributed by atoms with van der Waals surface area (Å²) in [7, 11) is 0. The molecule has 6 heteroatoms. The Balaban J connectivity index is 3.29.